The molecule has 2 rings (SSSR count). The molecule has 0 aliphatic rings. The molecular formula is C15H15BrN2O2. The Hall–Kier alpha value is -1.88. The molecule has 0 radical (unpaired) electrons. The van der Waals surface area contributed by atoms with Crippen molar-refractivity contribution < 1.29 is 4.92 Å². The second-order valence-corrected chi connectivity index (χ2v) is 5.31. The fourth-order valence-corrected chi connectivity index (χ4v) is 2.42. The Morgan fingerprint density at radius 1 is 1.20 bits per heavy atom. The molecule has 0 bridgehead atoms. The Balaban J connectivity index is 2.21. The molecule has 0 spiro atoms. The third kappa shape index (κ3) is 3.36. The van der Waals surface area contributed by atoms with Crippen molar-refractivity contribution in [3.8, 4) is 0 Å². The average Bonchev–Trinajstić information content (AvgIpc) is 2.46. The first kappa shape index (κ1) is 14.5. The third-order valence-corrected chi connectivity index (χ3v) is 3.62. The van der Waals surface area contributed by atoms with Crippen molar-refractivity contribution in [2.24, 2.45) is 0 Å². The summed E-state index contributed by atoms with van der Waals surface area (Å²) in [4.78, 5) is 10.7. The first-order chi connectivity index (χ1) is 9.61. The lowest BCUT2D eigenvalue weighted by molar-refractivity contribution is -0.384. The van der Waals surface area contributed by atoms with Gasteiger partial charge in [-0.05, 0) is 29.7 Å². The molecule has 0 saturated carbocycles. The van der Waals surface area contributed by atoms with Crippen molar-refractivity contribution >= 4 is 27.3 Å². The maximum absolute atomic E-state index is 11.1. The molecule has 0 aliphatic carbocycles. The van der Waals surface area contributed by atoms with Crippen molar-refractivity contribution in [1.82, 2.24) is 0 Å². The Morgan fingerprint density at radius 2 is 1.90 bits per heavy atom. The molecule has 0 aromatic heterocycles. The van der Waals surface area contributed by atoms with Gasteiger partial charge in [0.1, 0.15) is 5.69 Å². The highest BCUT2D eigenvalue weighted by Crippen LogP contribution is 2.28. The van der Waals surface area contributed by atoms with Crippen LogP contribution in [0.1, 0.15) is 18.1 Å². The normalized spacial score (nSPS) is 10.3. The van der Waals surface area contributed by atoms with Crippen LogP contribution in [0, 0.1) is 10.1 Å². The fourth-order valence-electron chi connectivity index (χ4n) is 2.07. The molecule has 2 aromatic rings. The number of rotatable bonds is 5. The molecule has 0 heterocycles. The summed E-state index contributed by atoms with van der Waals surface area (Å²) in [5.41, 5.74) is 3.02. The molecule has 4 nitrogen and oxygen atoms in total. The van der Waals surface area contributed by atoms with E-state index in [1.807, 2.05) is 18.2 Å². The minimum absolute atomic E-state index is 0.0772. The maximum Gasteiger partial charge on any atom is 0.293 e. The van der Waals surface area contributed by atoms with E-state index in [4.69, 9.17) is 0 Å². The SMILES string of the molecule is CCc1ccccc1CNc1ccc(Br)cc1[N+](=O)[O-]. The molecule has 0 amide bonds. The summed E-state index contributed by atoms with van der Waals surface area (Å²) in [5.74, 6) is 0. The lowest BCUT2D eigenvalue weighted by atomic mass is 10.1. The molecule has 0 saturated heterocycles. The highest BCUT2D eigenvalue weighted by Gasteiger charge is 2.14. The van der Waals surface area contributed by atoms with E-state index >= 15 is 0 Å². The van der Waals surface area contributed by atoms with E-state index in [2.05, 4.69) is 34.2 Å². The van der Waals surface area contributed by atoms with Crippen molar-refractivity contribution in [3.63, 3.8) is 0 Å². The van der Waals surface area contributed by atoms with Crippen molar-refractivity contribution in [1.29, 1.82) is 0 Å². The smallest absolute Gasteiger partial charge is 0.293 e. The molecule has 1 N–H and O–H groups in total. The number of hydrogen-bond donors (Lipinski definition) is 1. The highest BCUT2D eigenvalue weighted by atomic mass is 79.9. The minimum atomic E-state index is -0.376. The molecule has 5 heteroatoms. The quantitative estimate of drug-likeness (QED) is 0.645. The number of nitrogens with zero attached hydrogens (tertiary/aromatic N) is 1. The lowest BCUT2D eigenvalue weighted by Crippen LogP contribution is -2.04. The first-order valence-corrected chi connectivity index (χ1v) is 7.15. The van der Waals surface area contributed by atoms with Crippen LogP contribution in [0.4, 0.5) is 11.4 Å². The van der Waals surface area contributed by atoms with E-state index in [9.17, 15) is 10.1 Å². The van der Waals surface area contributed by atoms with Gasteiger partial charge in [0.25, 0.3) is 5.69 Å². The van der Waals surface area contributed by atoms with Crippen LogP contribution in [-0.4, -0.2) is 4.92 Å². The summed E-state index contributed by atoms with van der Waals surface area (Å²) in [6.07, 6.45) is 0.945. The summed E-state index contributed by atoms with van der Waals surface area (Å²) >= 11 is 3.25. The van der Waals surface area contributed by atoms with E-state index in [1.54, 1.807) is 12.1 Å². The monoisotopic (exact) mass is 334 g/mol. The summed E-state index contributed by atoms with van der Waals surface area (Å²) in [6, 6.07) is 13.1. The van der Waals surface area contributed by atoms with Gasteiger partial charge in [0.15, 0.2) is 0 Å². The first-order valence-electron chi connectivity index (χ1n) is 6.36. The predicted molar refractivity (Wildman–Crippen MR) is 83.9 cm³/mol. The van der Waals surface area contributed by atoms with Crippen LogP contribution in [0.3, 0.4) is 0 Å². The topological polar surface area (TPSA) is 55.2 Å². The number of hydrogen-bond acceptors (Lipinski definition) is 3. The van der Waals surface area contributed by atoms with Crippen molar-refractivity contribution in [2.75, 3.05) is 5.32 Å². The van der Waals surface area contributed by atoms with E-state index in [0.29, 0.717) is 16.7 Å². The second kappa shape index (κ2) is 6.52. The van der Waals surface area contributed by atoms with Crippen LogP contribution in [0.2, 0.25) is 0 Å². The van der Waals surface area contributed by atoms with Gasteiger partial charge in [-0.15, -0.1) is 0 Å². The van der Waals surface area contributed by atoms with E-state index in [-0.39, 0.29) is 10.6 Å². The molecular weight excluding hydrogens is 320 g/mol. The predicted octanol–water partition coefficient (Wildman–Crippen LogP) is 4.53. The lowest BCUT2D eigenvalue weighted by Gasteiger charge is -2.10. The number of anilines is 1. The Bertz CT molecular complexity index is 629. The molecule has 0 fully saturated rings. The molecule has 20 heavy (non-hydrogen) atoms. The Morgan fingerprint density at radius 3 is 2.55 bits per heavy atom. The highest BCUT2D eigenvalue weighted by molar-refractivity contribution is 9.10. The standard InChI is InChI=1S/C15H15BrN2O2/c1-2-11-5-3-4-6-12(11)10-17-14-8-7-13(16)9-15(14)18(19)20/h3-9,17H,2,10H2,1H3. The number of aryl methyl sites for hydroxylation is 1. The van der Waals surface area contributed by atoms with Crippen LogP contribution in [0.25, 0.3) is 0 Å². The zero-order valence-corrected chi connectivity index (χ0v) is 12.7. The summed E-state index contributed by atoms with van der Waals surface area (Å²) in [5, 5.41) is 14.2. The molecule has 0 atom stereocenters. The fraction of sp³-hybridized carbons (Fsp3) is 0.200. The molecule has 0 unspecified atom stereocenters. The number of nitro groups is 1. The largest absolute Gasteiger partial charge is 0.375 e. The molecule has 104 valence electrons. The van der Waals surface area contributed by atoms with Gasteiger partial charge in [-0.25, -0.2) is 0 Å². The summed E-state index contributed by atoms with van der Waals surface area (Å²) < 4.78 is 0.698. The van der Waals surface area contributed by atoms with Crippen LogP contribution < -0.4 is 5.32 Å². The van der Waals surface area contributed by atoms with E-state index in [0.717, 1.165) is 12.0 Å². The third-order valence-electron chi connectivity index (χ3n) is 3.13. The maximum atomic E-state index is 11.1. The van der Waals surface area contributed by atoms with Gasteiger partial charge < -0.3 is 5.32 Å². The second-order valence-electron chi connectivity index (χ2n) is 4.39. The minimum Gasteiger partial charge on any atom is -0.375 e. The zero-order chi connectivity index (χ0) is 14.5. The van der Waals surface area contributed by atoms with Gasteiger partial charge in [-0.1, -0.05) is 47.1 Å². The molecule has 2 aromatic carbocycles. The molecule has 0 aliphatic heterocycles. The average molecular weight is 335 g/mol. The van der Waals surface area contributed by atoms with Crippen LogP contribution in [-0.2, 0) is 13.0 Å². The van der Waals surface area contributed by atoms with Gasteiger partial charge >= 0.3 is 0 Å². The van der Waals surface area contributed by atoms with Gasteiger partial charge in [0, 0.05) is 17.1 Å². The van der Waals surface area contributed by atoms with Gasteiger partial charge in [0.05, 0.1) is 4.92 Å². The number of nitro benzene ring substituents is 1. The zero-order valence-electron chi connectivity index (χ0n) is 11.1. The van der Waals surface area contributed by atoms with Gasteiger partial charge in [-0.2, -0.15) is 0 Å². The number of nitrogens with one attached hydrogen (secondary N) is 1. The van der Waals surface area contributed by atoms with Gasteiger partial charge in [0.2, 0.25) is 0 Å². The van der Waals surface area contributed by atoms with Gasteiger partial charge in [-0.3, -0.25) is 10.1 Å². The van der Waals surface area contributed by atoms with Crippen LogP contribution in [0.5, 0.6) is 0 Å². The number of benzene rings is 2. The van der Waals surface area contributed by atoms with E-state index in [1.165, 1.54) is 11.6 Å². The summed E-state index contributed by atoms with van der Waals surface area (Å²) in [6.45, 7) is 2.67. The Labute approximate surface area is 126 Å². The summed E-state index contributed by atoms with van der Waals surface area (Å²) in [7, 11) is 0. The number of halogens is 1. The van der Waals surface area contributed by atoms with Crippen LogP contribution in [0.15, 0.2) is 46.9 Å². The van der Waals surface area contributed by atoms with Crippen LogP contribution >= 0.6 is 15.9 Å². The van der Waals surface area contributed by atoms with E-state index < -0.39 is 0 Å². The van der Waals surface area contributed by atoms with Crippen molar-refractivity contribution in [3.05, 3.63) is 68.2 Å². The Kier molecular flexibility index (Phi) is 4.74. The van der Waals surface area contributed by atoms with Crippen molar-refractivity contribution in [2.45, 2.75) is 19.9 Å².